The van der Waals surface area contributed by atoms with Crippen LogP contribution in [0.5, 0.6) is 0 Å². The standard InChI is InChI=1S/C16H17NO/c1-11(12-9-10-12)17-16(18)15-8-4-6-13-5-2-3-7-14(13)15/h2-8,11-12H,9-10H2,1H3,(H,17,18)/t11-/m1/s1. The van der Waals surface area contributed by atoms with E-state index >= 15 is 0 Å². The van der Waals surface area contributed by atoms with E-state index in [1.54, 1.807) is 0 Å². The molecular formula is C16H17NO. The fourth-order valence-corrected chi connectivity index (χ4v) is 2.42. The molecule has 0 unspecified atom stereocenters. The fourth-order valence-electron chi connectivity index (χ4n) is 2.42. The second-order valence-corrected chi connectivity index (χ2v) is 5.13. The summed E-state index contributed by atoms with van der Waals surface area (Å²) in [5.41, 5.74) is 0.778. The van der Waals surface area contributed by atoms with Crippen LogP contribution in [0.4, 0.5) is 0 Å². The van der Waals surface area contributed by atoms with E-state index in [1.165, 1.54) is 12.8 Å². The number of benzene rings is 2. The van der Waals surface area contributed by atoms with Crippen LogP contribution in [0.25, 0.3) is 10.8 Å². The molecule has 1 saturated carbocycles. The summed E-state index contributed by atoms with van der Waals surface area (Å²) in [6.07, 6.45) is 2.49. The quantitative estimate of drug-likeness (QED) is 0.874. The van der Waals surface area contributed by atoms with Crippen LogP contribution >= 0.6 is 0 Å². The molecule has 92 valence electrons. The predicted molar refractivity (Wildman–Crippen MR) is 73.6 cm³/mol. The molecule has 2 aromatic rings. The Morgan fingerprint density at radius 1 is 1.17 bits per heavy atom. The molecule has 1 amide bonds. The normalized spacial score (nSPS) is 16.5. The van der Waals surface area contributed by atoms with Crippen molar-refractivity contribution >= 4 is 16.7 Å². The Morgan fingerprint density at radius 2 is 1.89 bits per heavy atom. The van der Waals surface area contributed by atoms with Crippen LogP contribution in [-0.4, -0.2) is 11.9 Å². The minimum atomic E-state index is 0.0474. The molecule has 18 heavy (non-hydrogen) atoms. The molecule has 1 fully saturated rings. The van der Waals surface area contributed by atoms with Crippen molar-refractivity contribution in [2.45, 2.75) is 25.8 Å². The molecule has 1 aliphatic carbocycles. The van der Waals surface area contributed by atoms with Gasteiger partial charge in [-0.15, -0.1) is 0 Å². The van der Waals surface area contributed by atoms with Gasteiger partial charge in [0.05, 0.1) is 0 Å². The van der Waals surface area contributed by atoms with E-state index < -0.39 is 0 Å². The lowest BCUT2D eigenvalue weighted by atomic mass is 10.0. The number of carbonyl (C=O) groups is 1. The van der Waals surface area contributed by atoms with E-state index in [4.69, 9.17) is 0 Å². The molecule has 0 saturated heterocycles. The summed E-state index contributed by atoms with van der Waals surface area (Å²) in [6, 6.07) is 14.2. The van der Waals surface area contributed by atoms with Gasteiger partial charge < -0.3 is 5.32 Å². The molecule has 1 N–H and O–H groups in total. The van der Waals surface area contributed by atoms with Crippen molar-refractivity contribution in [1.82, 2.24) is 5.32 Å². The van der Waals surface area contributed by atoms with Crippen molar-refractivity contribution in [3.63, 3.8) is 0 Å². The number of rotatable bonds is 3. The Morgan fingerprint density at radius 3 is 2.67 bits per heavy atom. The molecule has 3 rings (SSSR count). The molecule has 0 radical (unpaired) electrons. The molecule has 1 atom stereocenters. The summed E-state index contributed by atoms with van der Waals surface area (Å²) in [6.45, 7) is 2.10. The molecule has 0 aliphatic heterocycles. The summed E-state index contributed by atoms with van der Waals surface area (Å²) in [7, 11) is 0. The van der Waals surface area contributed by atoms with Crippen LogP contribution in [0.1, 0.15) is 30.1 Å². The molecule has 0 heterocycles. The third kappa shape index (κ3) is 2.10. The van der Waals surface area contributed by atoms with Crippen LogP contribution in [0, 0.1) is 5.92 Å². The van der Waals surface area contributed by atoms with Gasteiger partial charge in [-0.05, 0) is 42.5 Å². The molecular weight excluding hydrogens is 222 g/mol. The van der Waals surface area contributed by atoms with Crippen molar-refractivity contribution in [1.29, 1.82) is 0 Å². The number of carbonyl (C=O) groups excluding carboxylic acids is 1. The van der Waals surface area contributed by atoms with Crippen LogP contribution in [0.15, 0.2) is 42.5 Å². The van der Waals surface area contributed by atoms with Gasteiger partial charge in [0, 0.05) is 11.6 Å². The Labute approximate surface area is 107 Å². The van der Waals surface area contributed by atoms with Gasteiger partial charge in [-0.1, -0.05) is 36.4 Å². The third-order valence-electron chi connectivity index (χ3n) is 3.72. The highest BCUT2D eigenvalue weighted by molar-refractivity contribution is 6.07. The largest absolute Gasteiger partial charge is 0.349 e. The SMILES string of the molecule is C[C@@H](NC(=O)c1cccc2ccccc12)C1CC1. The summed E-state index contributed by atoms with van der Waals surface area (Å²) in [5, 5.41) is 5.25. The minimum Gasteiger partial charge on any atom is -0.349 e. The molecule has 2 nitrogen and oxygen atoms in total. The average molecular weight is 239 g/mol. The highest BCUT2D eigenvalue weighted by Crippen LogP contribution is 2.32. The second kappa shape index (κ2) is 4.45. The van der Waals surface area contributed by atoms with E-state index in [2.05, 4.69) is 12.2 Å². The number of hydrogen-bond acceptors (Lipinski definition) is 1. The van der Waals surface area contributed by atoms with Gasteiger partial charge in [-0.25, -0.2) is 0 Å². The monoisotopic (exact) mass is 239 g/mol. The van der Waals surface area contributed by atoms with E-state index in [0.29, 0.717) is 5.92 Å². The zero-order valence-electron chi connectivity index (χ0n) is 10.5. The van der Waals surface area contributed by atoms with Gasteiger partial charge in [0.25, 0.3) is 5.91 Å². The molecule has 1 aliphatic rings. The first-order chi connectivity index (χ1) is 8.75. The Kier molecular flexibility index (Phi) is 2.78. The summed E-state index contributed by atoms with van der Waals surface area (Å²) in [5.74, 6) is 0.732. The molecule has 0 aromatic heterocycles. The first-order valence-electron chi connectivity index (χ1n) is 6.54. The minimum absolute atomic E-state index is 0.0474. The maximum absolute atomic E-state index is 12.3. The first-order valence-corrected chi connectivity index (χ1v) is 6.54. The number of amides is 1. The smallest absolute Gasteiger partial charge is 0.252 e. The van der Waals surface area contributed by atoms with Gasteiger partial charge >= 0.3 is 0 Å². The topological polar surface area (TPSA) is 29.1 Å². The zero-order chi connectivity index (χ0) is 12.5. The van der Waals surface area contributed by atoms with Gasteiger partial charge in [-0.3, -0.25) is 4.79 Å². The van der Waals surface area contributed by atoms with Crippen molar-refractivity contribution in [2.75, 3.05) is 0 Å². The van der Waals surface area contributed by atoms with E-state index in [-0.39, 0.29) is 11.9 Å². The summed E-state index contributed by atoms with van der Waals surface area (Å²) in [4.78, 5) is 12.3. The van der Waals surface area contributed by atoms with Crippen LogP contribution in [0.3, 0.4) is 0 Å². The van der Waals surface area contributed by atoms with Gasteiger partial charge in [0.2, 0.25) is 0 Å². The highest BCUT2D eigenvalue weighted by atomic mass is 16.1. The zero-order valence-corrected chi connectivity index (χ0v) is 10.5. The Hall–Kier alpha value is -1.83. The van der Waals surface area contributed by atoms with Gasteiger partial charge in [0.15, 0.2) is 0 Å². The van der Waals surface area contributed by atoms with E-state index in [0.717, 1.165) is 16.3 Å². The van der Waals surface area contributed by atoms with E-state index in [1.807, 2.05) is 42.5 Å². The lowest BCUT2D eigenvalue weighted by molar-refractivity contribution is 0.0937. The number of fused-ring (bicyclic) bond motifs is 1. The van der Waals surface area contributed by atoms with Crippen molar-refractivity contribution in [3.8, 4) is 0 Å². The van der Waals surface area contributed by atoms with Crippen LogP contribution in [-0.2, 0) is 0 Å². The summed E-state index contributed by atoms with van der Waals surface area (Å²) >= 11 is 0. The molecule has 2 heteroatoms. The molecule has 0 bridgehead atoms. The predicted octanol–water partition coefficient (Wildman–Crippen LogP) is 3.37. The second-order valence-electron chi connectivity index (χ2n) is 5.13. The first kappa shape index (κ1) is 11.3. The van der Waals surface area contributed by atoms with Crippen LogP contribution in [0.2, 0.25) is 0 Å². The van der Waals surface area contributed by atoms with Gasteiger partial charge in [-0.2, -0.15) is 0 Å². The lowest BCUT2D eigenvalue weighted by Gasteiger charge is -2.13. The Bertz CT molecular complexity index is 581. The highest BCUT2D eigenvalue weighted by Gasteiger charge is 2.29. The van der Waals surface area contributed by atoms with Gasteiger partial charge in [0.1, 0.15) is 0 Å². The molecule has 0 spiro atoms. The molecule has 2 aromatic carbocycles. The third-order valence-corrected chi connectivity index (χ3v) is 3.72. The maximum atomic E-state index is 12.3. The number of hydrogen-bond donors (Lipinski definition) is 1. The number of nitrogens with one attached hydrogen (secondary N) is 1. The van der Waals surface area contributed by atoms with E-state index in [9.17, 15) is 4.79 Å². The van der Waals surface area contributed by atoms with Crippen molar-refractivity contribution in [3.05, 3.63) is 48.0 Å². The van der Waals surface area contributed by atoms with Crippen molar-refractivity contribution < 1.29 is 4.79 Å². The van der Waals surface area contributed by atoms with Crippen molar-refractivity contribution in [2.24, 2.45) is 5.92 Å². The Balaban J connectivity index is 1.90. The fraction of sp³-hybridized carbons (Fsp3) is 0.312. The maximum Gasteiger partial charge on any atom is 0.252 e. The average Bonchev–Trinajstić information content (AvgIpc) is 3.22. The van der Waals surface area contributed by atoms with Crippen LogP contribution < -0.4 is 5.32 Å². The lowest BCUT2D eigenvalue weighted by Crippen LogP contribution is -2.34. The summed E-state index contributed by atoms with van der Waals surface area (Å²) < 4.78 is 0.